The first-order valence-corrected chi connectivity index (χ1v) is 7.37. The van der Waals surface area contributed by atoms with Crippen LogP contribution in [0.15, 0.2) is 11.6 Å². The number of hydrogen-bond donors (Lipinski definition) is 0. The molecule has 11 heavy (non-hydrogen) atoms. The van der Waals surface area contributed by atoms with Gasteiger partial charge in [0, 0.05) is 6.61 Å². The molecule has 0 unspecified atom stereocenters. The summed E-state index contributed by atoms with van der Waals surface area (Å²) in [5, 5.41) is 0. The second-order valence-electron chi connectivity index (χ2n) is 3.68. The van der Waals surface area contributed by atoms with E-state index >= 15 is 0 Å². The van der Waals surface area contributed by atoms with Crippen molar-refractivity contribution in [2.45, 2.75) is 39.9 Å². The Balaban J connectivity index is 3.81. The predicted octanol–water partition coefficient (Wildman–Crippen LogP) is 3.19. The van der Waals surface area contributed by atoms with E-state index in [0.29, 0.717) is 0 Å². The molecule has 0 spiro atoms. The summed E-state index contributed by atoms with van der Waals surface area (Å²) in [7, 11) is -1.34. The van der Waals surface area contributed by atoms with Crippen molar-refractivity contribution in [3.63, 3.8) is 0 Å². The smallest absolute Gasteiger partial charge is 0.190 e. The highest BCUT2D eigenvalue weighted by Gasteiger charge is 2.19. The van der Waals surface area contributed by atoms with Gasteiger partial charge in [0.05, 0.1) is 0 Å². The molecule has 0 heterocycles. The number of rotatable bonds is 4. The lowest BCUT2D eigenvalue weighted by Gasteiger charge is -2.19. The first-order valence-electron chi connectivity index (χ1n) is 4.25. The van der Waals surface area contributed by atoms with Crippen LogP contribution in [0.4, 0.5) is 0 Å². The molecule has 0 saturated carbocycles. The van der Waals surface area contributed by atoms with Gasteiger partial charge in [-0.25, -0.2) is 0 Å². The Morgan fingerprint density at radius 2 is 1.91 bits per heavy atom. The third-order valence-electron chi connectivity index (χ3n) is 1.54. The minimum atomic E-state index is -1.34. The summed E-state index contributed by atoms with van der Waals surface area (Å²) in [6.45, 7) is 11.7. The second kappa shape index (κ2) is 4.73. The molecule has 0 radical (unpaired) electrons. The molecule has 0 saturated heterocycles. The van der Waals surface area contributed by atoms with Crippen molar-refractivity contribution in [2.24, 2.45) is 0 Å². The number of hydrogen-bond acceptors (Lipinski definition) is 1. The van der Waals surface area contributed by atoms with Gasteiger partial charge in [0.1, 0.15) is 0 Å². The van der Waals surface area contributed by atoms with Crippen LogP contribution in [-0.2, 0) is 4.43 Å². The van der Waals surface area contributed by atoms with Crippen LogP contribution in [0.5, 0.6) is 0 Å². The van der Waals surface area contributed by atoms with Crippen LogP contribution >= 0.6 is 0 Å². The van der Waals surface area contributed by atoms with Gasteiger partial charge in [-0.15, -0.1) is 0 Å². The zero-order chi connectivity index (χ0) is 8.91. The standard InChI is InChI=1S/C9H20OSi/c1-6-10-11(4,5)8-7-9(2)3/h7H,6,8H2,1-5H3. The average Bonchev–Trinajstić information content (AvgIpc) is 1.84. The molecule has 0 aromatic carbocycles. The largest absolute Gasteiger partial charge is 0.417 e. The van der Waals surface area contributed by atoms with Crippen LogP contribution in [-0.4, -0.2) is 14.9 Å². The van der Waals surface area contributed by atoms with Gasteiger partial charge in [-0.3, -0.25) is 0 Å². The Morgan fingerprint density at radius 3 is 2.27 bits per heavy atom. The van der Waals surface area contributed by atoms with Crippen molar-refractivity contribution in [2.75, 3.05) is 6.61 Å². The van der Waals surface area contributed by atoms with Gasteiger partial charge in [0.15, 0.2) is 8.32 Å². The fraction of sp³-hybridized carbons (Fsp3) is 0.778. The molecule has 0 rings (SSSR count). The highest BCUT2D eigenvalue weighted by atomic mass is 28.4. The van der Waals surface area contributed by atoms with E-state index < -0.39 is 8.32 Å². The molecular formula is C9H20OSi. The van der Waals surface area contributed by atoms with Crippen LogP contribution < -0.4 is 0 Å². The Labute approximate surface area is 71.6 Å². The summed E-state index contributed by atoms with van der Waals surface area (Å²) < 4.78 is 5.67. The van der Waals surface area contributed by atoms with Crippen LogP contribution in [0.2, 0.25) is 19.1 Å². The molecular weight excluding hydrogens is 152 g/mol. The lowest BCUT2D eigenvalue weighted by Crippen LogP contribution is -2.29. The van der Waals surface area contributed by atoms with E-state index in [-0.39, 0.29) is 0 Å². The topological polar surface area (TPSA) is 9.23 Å². The van der Waals surface area contributed by atoms with E-state index in [2.05, 4.69) is 39.9 Å². The van der Waals surface area contributed by atoms with Gasteiger partial charge >= 0.3 is 0 Å². The van der Waals surface area contributed by atoms with Gasteiger partial charge in [-0.1, -0.05) is 11.6 Å². The van der Waals surface area contributed by atoms with E-state index in [1.54, 1.807) is 0 Å². The molecule has 0 aliphatic carbocycles. The van der Waals surface area contributed by atoms with E-state index in [1.165, 1.54) is 5.57 Å². The average molecular weight is 172 g/mol. The van der Waals surface area contributed by atoms with Crippen LogP contribution in [0.1, 0.15) is 20.8 Å². The van der Waals surface area contributed by atoms with Gasteiger partial charge in [0.25, 0.3) is 0 Å². The van der Waals surface area contributed by atoms with Gasteiger partial charge in [-0.05, 0) is 39.9 Å². The Bertz CT molecular complexity index is 134. The maximum Gasteiger partial charge on any atom is 0.190 e. The molecule has 0 aromatic heterocycles. The fourth-order valence-electron chi connectivity index (χ4n) is 0.900. The molecule has 2 heteroatoms. The second-order valence-corrected chi connectivity index (χ2v) is 7.89. The van der Waals surface area contributed by atoms with Crippen molar-refractivity contribution in [3.8, 4) is 0 Å². The highest BCUT2D eigenvalue weighted by molar-refractivity contribution is 6.71. The highest BCUT2D eigenvalue weighted by Crippen LogP contribution is 2.12. The molecule has 0 N–H and O–H groups in total. The quantitative estimate of drug-likeness (QED) is 0.467. The molecule has 0 aliphatic heterocycles. The Hall–Kier alpha value is -0.0831. The SMILES string of the molecule is CCO[Si](C)(C)CC=C(C)C. The first kappa shape index (κ1) is 10.9. The summed E-state index contributed by atoms with van der Waals surface area (Å²) in [6, 6.07) is 1.14. The summed E-state index contributed by atoms with van der Waals surface area (Å²) in [5.41, 5.74) is 1.39. The van der Waals surface area contributed by atoms with Gasteiger partial charge in [-0.2, -0.15) is 0 Å². The zero-order valence-electron chi connectivity index (χ0n) is 8.40. The van der Waals surface area contributed by atoms with E-state index in [4.69, 9.17) is 4.43 Å². The van der Waals surface area contributed by atoms with E-state index in [1.807, 2.05) is 0 Å². The molecule has 0 fully saturated rings. The molecule has 1 nitrogen and oxygen atoms in total. The van der Waals surface area contributed by atoms with Crippen LogP contribution in [0.25, 0.3) is 0 Å². The lowest BCUT2D eigenvalue weighted by molar-refractivity contribution is 0.331. The third kappa shape index (κ3) is 6.32. The predicted molar refractivity (Wildman–Crippen MR) is 53.3 cm³/mol. The zero-order valence-corrected chi connectivity index (χ0v) is 9.40. The van der Waals surface area contributed by atoms with Crippen molar-refractivity contribution >= 4 is 8.32 Å². The molecule has 66 valence electrons. The van der Waals surface area contributed by atoms with Gasteiger partial charge in [0.2, 0.25) is 0 Å². The van der Waals surface area contributed by atoms with E-state index in [0.717, 1.165) is 12.7 Å². The van der Waals surface area contributed by atoms with Gasteiger partial charge < -0.3 is 4.43 Å². The molecule has 0 aliphatic rings. The molecule has 0 bridgehead atoms. The molecule has 0 amide bonds. The summed E-state index contributed by atoms with van der Waals surface area (Å²) in [5.74, 6) is 0. The summed E-state index contributed by atoms with van der Waals surface area (Å²) >= 11 is 0. The number of allylic oxidation sites excluding steroid dienone is 2. The van der Waals surface area contributed by atoms with Crippen molar-refractivity contribution in [1.29, 1.82) is 0 Å². The molecule has 0 aromatic rings. The maximum atomic E-state index is 5.67. The third-order valence-corrected chi connectivity index (χ3v) is 3.79. The first-order chi connectivity index (χ1) is 4.98. The van der Waals surface area contributed by atoms with Crippen molar-refractivity contribution < 1.29 is 4.43 Å². The minimum Gasteiger partial charge on any atom is -0.417 e. The van der Waals surface area contributed by atoms with Crippen molar-refractivity contribution in [3.05, 3.63) is 11.6 Å². The Morgan fingerprint density at radius 1 is 1.36 bits per heavy atom. The summed E-state index contributed by atoms with van der Waals surface area (Å²) in [4.78, 5) is 0. The fourth-order valence-corrected chi connectivity index (χ4v) is 2.70. The maximum absolute atomic E-state index is 5.67. The molecule has 0 atom stereocenters. The normalized spacial score (nSPS) is 11.4. The van der Waals surface area contributed by atoms with Crippen LogP contribution in [0, 0.1) is 0 Å². The Kier molecular flexibility index (Phi) is 4.69. The summed E-state index contributed by atoms with van der Waals surface area (Å²) in [6.07, 6.45) is 2.28. The minimum absolute atomic E-state index is 0.857. The lowest BCUT2D eigenvalue weighted by atomic mass is 10.3. The van der Waals surface area contributed by atoms with Crippen molar-refractivity contribution in [1.82, 2.24) is 0 Å². The van der Waals surface area contributed by atoms with E-state index in [9.17, 15) is 0 Å². The van der Waals surface area contributed by atoms with Crippen LogP contribution in [0.3, 0.4) is 0 Å². The monoisotopic (exact) mass is 172 g/mol.